The molecule has 298 valence electrons. The van der Waals surface area contributed by atoms with Crippen molar-refractivity contribution in [3.05, 3.63) is 252 Å². The normalized spacial score (nSPS) is 14.3. The number of benzene rings is 11. The molecule has 0 heterocycles. The van der Waals surface area contributed by atoms with Crippen LogP contribution in [0.4, 0.5) is 0 Å². The van der Waals surface area contributed by atoms with Crippen molar-refractivity contribution < 1.29 is 0 Å². The SMILES string of the molecule is CC1(C)c2ccc(-c3ccc(-c4c5ccccc5c(-c5ccc6c(c5)C5(c7ccccc7-c7ccccc75)c5ccccc5-6)c5ccccc45)cc3)cc2-c2cc3ccccc3cc21. The summed E-state index contributed by atoms with van der Waals surface area (Å²) >= 11 is 0. The van der Waals surface area contributed by atoms with Crippen molar-refractivity contribution >= 4 is 32.3 Å². The summed E-state index contributed by atoms with van der Waals surface area (Å²) in [5.74, 6) is 0. The van der Waals surface area contributed by atoms with Crippen LogP contribution in [0.1, 0.15) is 47.2 Å². The Balaban J connectivity index is 0.927. The van der Waals surface area contributed by atoms with Gasteiger partial charge in [0, 0.05) is 5.41 Å². The highest BCUT2D eigenvalue weighted by atomic mass is 14.5. The molecule has 0 N–H and O–H groups in total. The lowest BCUT2D eigenvalue weighted by Crippen LogP contribution is -2.25. The van der Waals surface area contributed by atoms with E-state index in [1.165, 1.54) is 132 Å². The Morgan fingerprint density at radius 3 is 1.25 bits per heavy atom. The molecule has 64 heavy (non-hydrogen) atoms. The summed E-state index contributed by atoms with van der Waals surface area (Å²) in [6, 6.07) is 82.7. The van der Waals surface area contributed by atoms with Crippen LogP contribution in [0.2, 0.25) is 0 Å². The van der Waals surface area contributed by atoms with Crippen molar-refractivity contribution in [2.45, 2.75) is 24.7 Å². The van der Waals surface area contributed by atoms with Gasteiger partial charge in [-0.15, -0.1) is 0 Å². The molecule has 0 heteroatoms. The third-order valence-corrected chi connectivity index (χ3v) is 15.3. The largest absolute Gasteiger partial charge is 0.0725 e. The fourth-order valence-electron chi connectivity index (χ4n) is 12.4. The van der Waals surface area contributed by atoms with Gasteiger partial charge in [-0.3, -0.25) is 0 Å². The average Bonchev–Trinajstić information content (AvgIpc) is 3.90. The molecule has 3 aliphatic carbocycles. The Bertz CT molecular complexity index is 3680. The number of hydrogen-bond donors (Lipinski definition) is 0. The predicted molar refractivity (Wildman–Crippen MR) is 269 cm³/mol. The van der Waals surface area contributed by atoms with Gasteiger partial charge in [0.05, 0.1) is 5.41 Å². The highest BCUT2D eigenvalue weighted by molar-refractivity contribution is 6.21. The van der Waals surface area contributed by atoms with Crippen LogP contribution >= 0.6 is 0 Å². The summed E-state index contributed by atoms with van der Waals surface area (Å²) in [7, 11) is 0. The van der Waals surface area contributed by atoms with E-state index >= 15 is 0 Å². The lowest BCUT2D eigenvalue weighted by Gasteiger charge is -2.30. The molecular weight excluding hydrogens is 769 g/mol. The summed E-state index contributed by atoms with van der Waals surface area (Å²) in [5.41, 5.74) is 23.4. The molecule has 0 saturated heterocycles. The van der Waals surface area contributed by atoms with Gasteiger partial charge in [0.15, 0.2) is 0 Å². The van der Waals surface area contributed by atoms with E-state index in [2.05, 4.69) is 232 Å². The molecule has 0 amide bonds. The number of rotatable bonds is 3. The molecule has 0 bridgehead atoms. The zero-order valence-electron chi connectivity index (χ0n) is 35.8. The lowest BCUT2D eigenvalue weighted by molar-refractivity contribution is 0.661. The van der Waals surface area contributed by atoms with Gasteiger partial charge in [0.25, 0.3) is 0 Å². The second kappa shape index (κ2) is 12.9. The van der Waals surface area contributed by atoms with Crippen molar-refractivity contribution in [1.82, 2.24) is 0 Å². The zero-order valence-corrected chi connectivity index (χ0v) is 35.8. The van der Waals surface area contributed by atoms with Crippen LogP contribution in [0.3, 0.4) is 0 Å². The molecule has 0 aromatic heterocycles. The fraction of sp³-hybridized carbons (Fsp3) is 0.0625. The molecule has 11 aromatic rings. The minimum absolute atomic E-state index is 0.0507. The molecule has 0 nitrogen and oxygen atoms in total. The first-order valence-corrected chi connectivity index (χ1v) is 22.7. The quantitative estimate of drug-likeness (QED) is 0.156. The van der Waals surface area contributed by atoms with Gasteiger partial charge in [-0.05, 0) is 157 Å². The third-order valence-electron chi connectivity index (χ3n) is 15.3. The molecule has 0 atom stereocenters. The van der Waals surface area contributed by atoms with Gasteiger partial charge < -0.3 is 0 Å². The van der Waals surface area contributed by atoms with Crippen LogP contribution in [0.25, 0.3) is 99.1 Å². The summed E-state index contributed by atoms with van der Waals surface area (Å²) < 4.78 is 0. The maximum absolute atomic E-state index is 2.54. The van der Waals surface area contributed by atoms with Crippen molar-refractivity contribution in [1.29, 1.82) is 0 Å². The molecule has 3 aliphatic rings. The maximum atomic E-state index is 2.54. The van der Waals surface area contributed by atoms with Gasteiger partial charge in [-0.25, -0.2) is 0 Å². The molecule has 0 fully saturated rings. The van der Waals surface area contributed by atoms with Crippen LogP contribution in [0.5, 0.6) is 0 Å². The predicted octanol–water partition coefficient (Wildman–Crippen LogP) is 16.8. The van der Waals surface area contributed by atoms with Crippen molar-refractivity contribution in [2.75, 3.05) is 0 Å². The van der Waals surface area contributed by atoms with E-state index < -0.39 is 5.41 Å². The molecule has 11 aromatic carbocycles. The topological polar surface area (TPSA) is 0 Å². The van der Waals surface area contributed by atoms with Gasteiger partial charge in [0.2, 0.25) is 0 Å². The third kappa shape index (κ3) is 4.62. The number of fused-ring (bicyclic) bond motifs is 16. The van der Waals surface area contributed by atoms with Gasteiger partial charge in [0.1, 0.15) is 0 Å². The van der Waals surface area contributed by atoms with Gasteiger partial charge >= 0.3 is 0 Å². The monoisotopic (exact) mass is 810 g/mol. The van der Waals surface area contributed by atoms with E-state index in [0.29, 0.717) is 0 Å². The van der Waals surface area contributed by atoms with E-state index in [4.69, 9.17) is 0 Å². The van der Waals surface area contributed by atoms with Gasteiger partial charge in [-0.1, -0.05) is 208 Å². The first-order chi connectivity index (χ1) is 31.5. The Morgan fingerprint density at radius 2 is 0.672 bits per heavy atom. The molecule has 14 rings (SSSR count). The van der Waals surface area contributed by atoms with Crippen molar-refractivity contribution in [2.24, 2.45) is 0 Å². The Morgan fingerprint density at radius 1 is 0.250 bits per heavy atom. The second-order valence-electron chi connectivity index (χ2n) is 18.7. The van der Waals surface area contributed by atoms with Crippen molar-refractivity contribution in [3.8, 4) is 66.8 Å². The van der Waals surface area contributed by atoms with Crippen molar-refractivity contribution in [3.63, 3.8) is 0 Å². The Kier molecular flexibility index (Phi) is 7.20. The standard InChI is InChI=1S/C64H42/c1-63(2)55-34-32-43(36-53(55)54-35-41-15-3-4-16-42(41)37-59(54)63)39-27-29-40(30-28-39)61-49-20-5-7-22-51(49)62(52-23-8-6-21-50(52)61)44-31-33-48-47-19-11-14-26-58(47)64(60(48)38-44)56-24-12-9-17-45(56)46-18-10-13-25-57(46)64/h3-38H,1-2H3. The molecule has 0 unspecified atom stereocenters. The highest BCUT2D eigenvalue weighted by Gasteiger charge is 2.51. The average molecular weight is 811 g/mol. The summed E-state index contributed by atoms with van der Waals surface area (Å²) in [6.07, 6.45) is 0. The summed E-state index contributed by atoms with van der Waals surface area (Å²) in [4.78, 5) is 0. The zero-order chi connectivity index (χ0) is 42.3. The van der Waals surface area contributed by atoms with E-state index in [1.54, 1.807) is 0 Å². The molecule has 1 spiro atoms. The first-order valence-electron chi connectivity index (χ1n) is 22.7. The maximum Gasteiger partial charge on any atom is 0.0725 e. The van der Waals surface area contributed by atoms with Crippen LogP contribution in [0, 0.1) is 0 Å². The Labute approximate surface area is 373 Å². The van der Waals surface area contributed by atoms with E-state index in [1.807, 2.05) is 0 Å². The Hall–Kier alpha value is -7.80. The number of hydrogen-bond acceptors (Lipinski definition) is 0. The second-order valence-corrected chi connectivity index (χ2v) is 18.7. The lowest BCUT2D eigenvalue weighted by atomic mass is 9.70. The van der Waals surface area contributed by atoms with Crippen LogP contribution < -0.4 is 0 Å². The molecule has 0 radical (unpaired) electrons. The van der Waals surface area contributed by atoms with E-state index in [-0.39, 0.29) is 5.41 Å². The van der Waals surface area contributed by atoms with Crippen LogP contribution in [-0.2, 0) is 10.8 Å². The molecule has 0 saturated carbocycles. The van der Waals surface area contributed by atoms with Gasteiger partial charge in [-0.2, -0.15) is 0 Å². The summed E-state index contributed by atoms with van der Waals surface area (Å²) in [5, 5.41) is 7.67. The van der Waals surface area contributed by atoms with E-state index in [0.717, 1.165) is 0 Å². The molecular formula is C64H42. The minimum Gasteiger partial charge on any atom is -0.0619 e. The first kappa shape index (κ1) is 35.8. The van der Waals surface area contributed by atoms with Crippen LogP contribution in [-0.4, -0.2) is 0 Å². The fourth-order valence-corrected chi connectivity index (χ4v) is 12.4. The molecule has 0 aliphatic heterocycles. The summed E-state index contributed by atoms with van der Waals surface area (Å²) in [6.45, 7) is 4.74. The smallest absolute Gasteiger partial charge is 0.0619 e. The minimum atomic E-state index is -0.394. The van der Waals surface area contributed by atoms with E-state index in [9.17, 15) is 0 Å². The van der Waals surface area contributed by atoms with Crippen LogP contribution in [0.15, 0.2) is 218 Å². The highest BCUT2D eigenvalue weighted by Crippen LogP contribution is 2.63.